The summed E-state index contributed by atoms with van der Waals surface area (Å²) < 4.78 is 32.7. The fourth-order valence-corrected chi connectivity index (χ4v) is 2.99. The van der Waals surface area contributed by atoms with Crippen molar-refractivity contribution in [2.75, 3.05) is 0 Å². The SMILES string of the molecule is C/C=C/OC1CCC(CCc2cc(F)c(C#N)c(F)c2)CC1. The Balaban J connectivity index is 1.83. The van der Waals surface area contributed by atoms with Gasteiger partial charge in [-0.3, -0.25) is 0 Å². The Bertz CT molecular complexity index is 546. The zero-order valence-electron chi connectivity index (χ0n) is 12.8. The molecular formula is C18H21F2NO. The summed E-state index contributed by atoms with van der Waals surface area (Å²) in [5.74, 6) is -0.950. The van der Waals surface area contributed by atoms with Gasteiger partial charge < -0.3 is 4.74 Å². The van der Waals surface area contributed by atoms with Gasteiger partial charge in [0.05, 0.1) is 12.4 Å². The topological polar surface area (TPSA) is 33.0 Å². The minimum absolute atomic E-state index is 0.303. The lowest BCUT2D eigenvalue weighted by molar-refractivity contribution is 0.0864. The van der Waals surface area contributed by atoms with Gasteiger partial charge in [0, 0.05) is 0 Å². The number of benzene rings is 1. The largest absolute Gasteiger partial charge is 0.498 e. The summed E-state index contributed by atoms with van der Waals surface area (Å²) >= 11 is 0. The van der Waals surface area contributed by atoms with Gasteiger partial charge >= 0.3 is 0 Å². The van der Waals surface area contributed by atoms with Crippen LogP contribution in [-0.2, 0) is 11.2 Å². The van der Waals surface area contributed by atoms with Gasteiger partial charge in [-0.1, -0.05) is 6.08 Å². The van der Waals surface area contributed by atoms with Crippen LogP contribution in [-0.4, -0.2) is 6.10 Å². The summed E-state index contributed by atoms with van der Waals surface area (Å²) in [6, 6.07) is 4.11. The van der Waals surface area contributed by atoms with E-state index in [1.165, 1.54) is 12.1 Å². The Morgan fingerprint density at radius 2 is 1.86 bits per heavy atom. The van der Waals surface area contributed by atoms with Crippen molar-refractivity contribution in [3.05, 3.63) is 47.2 Å². The average Bonchev–Trinajstić information content (AvgIpc) is 2.51. The second-order valence-electron chi connectivity index (χ2n) is 5.83. The van der Waals surface area contributed by atoms with E-state index < -0.39 is 17.2 Å². The number of aryl methyl sites for hydroxylation is 1. The molecule has 0 unspecified atom stereocenters. The molecule has 0 spiro atoms. The molecule has 1 aromatic rings. The molecule has 1 aromatic carbocycles. The monoisotopic (exact) mass is 305 g/mol. The molecule has 0 heterocycles. The number of rotatable bonds is 5. The highest BCUT2D eigenvalue weighted by molar-refractivity contribution is 5.35. The van der Waals surface area contributed by atoms with Crippen molar-refractivity contribution in [1.29, 1.82) is 5.26 Å². The molecule has 0 N–H and O–H groups in total. The van der Waals surface area contributed by atoms with Gasteiger partial charge in [-0.25, -0.2) is 8.78 Å². The Hall–Kier alpha value is -1.89. The Labute approximate surface area is 130 Å². The molecule has 22 heavy (non-hydrogen) atoms. The maximum Gasteiger partial charge on any atom is 0.144 e. The fraction of sp³-hybridized carbons (Fsp3) is 0.500. The van der Waals surface area contributed by atoms with Crippen LogP contribution in [0.25, 0.3) is 0 Å². The molecule has 1 saturated carbocycles. The van der Waals surface area contributed by atoms with Crippen molar-refractivity contribution >= 4 is 0 Å². The molecule has 0 aromatic heterocycles. The third-order valence-corrected chi connectivity index (χ3v) is 4.26. The third kappa shape index (κ3) is 4.30. The summed E-state index contributed by atoms with van der Waals surface area (Å²) in [5, 5.41) is 8.66. The number of nitrogens with zero attached hydrogens (tertiary/aromatic N) is 1. The van der Waals surface area contributed by atoms with E-state index in [-0.39, 0.29) is 0 Å². The Kier molecular flexibility index (Phi) is 5.94. The minimum atomic E-state index is -0.763. The molecule has 118 valence electrons. The maximum atomic E-state index is 13.6. The number of hydrogen-bond acceptors (Lipinski definition) is 2. The molecule has 1 fully saturated rings. The van der Waals surface area contributed by atoms with Crippen molar-refractivity contribution in [3.8, 4) is 6.07 Å². The first-order valence-electron chi connectivity index (χ1n) is 7.78. The second-order valence-corrected chi connectivity index (χ2v) is 5.83. The highest BCUT2D eigenvalue weighted by Gasteiger charge is 2.21. The molecule has 0 atom stereocenters. The van der Waals surface area contributed by atoms with Gasteiger partial charge in [0.15, 0.2) is 0 Å². The van der Waals surface area contributed by atoms with Crippen molar-refractivity contribution in [1.82, 2.24) is 0 Å². The van der Waals surface area contributed by atoms with Gasteiger partial charge in [-0.05, 0) is 69.1 Å². The molecule has 0 amide bonds. The minimum Gasteiger partial charge on any atom is -0.498 e. The first-order chi connectivity index (χ1) is 10.6. The second kappa shape index (κ2) is 7.93. The van der Waals surface area contributed by atoms with Gasteiger partial charge in [0.25, 0.3) is 0 Å². The van der Waals surface area contributed by atoms with E-state index in [0.717, 1.165) is 32.1 Å². The van der Waals surface area contributed by atoms with Crippen LogP contribution >= 0.6 is 0 Å². The predicted octanol–water partition coefficient (Wildman–Crippen LogP) is 4.88. The predicted molar refractivity (Wildman–Crippen MR) is 81.0 cm³/mol. The molecule has 2 nitrogen and oxygen atoms in total. The molecule has 1 aliphatic rings. The lowest BCUT2D eigenvalue weighted by Crippen LogP contribution is -2.20. The van der Waals surface area contributed by atoms with Crippen LogP contribution in [0, 0.1) is 28.9 Å². The van der Waals surface area contributed by atoms with Crippen LogP contribution in [0.3, 0.4) is 0 Å². The first-order valence-corrected chi connectivity index (χ1v) is 7.78. The van der Waals surface area contributed by atoms with Crippen LogP contribution in [0.4, 0.5) is 8.78 Å². The van der Waals surface area contributed by atoms with Gasteiger partial charge in [-0.2, -0.15) is 5.26 Å². The van der Waals surface area contributed by atoms with Crippen LogP contribution in [0.5, 0.6) is 0 Å². The van der Waals surface area contributed by atoms with E-state index >= 15 is 0 Å². The van der Waals surface area contributed by atoms with Crippen LogP contribution in [0.15, 0.2) is 24.5 Å². The van der Waals surface area contributed by atoms with Crippen molar-refractivity contribution < 1.29 is 13.5 Å². The maximum absolute atomic E-state index is 13.6. The number of allylic oxidation sites excluding steroid dienone is 1. The number of ether oxygens (including phenoxy) is 1. The Morgan fingerprint density at radius 1 is 1.23 bits per heavy atom. The highest BCUT2D eigenvalue weighted by Crippen LogP contribution is 2.30. The number of hydrogen-bond donors (Lipinski definition) is 0. The molecular weight excluding hydrogens is 284 g/mol. The van der Waals surface area contributed by atoms with E-state index in [0.29, 0.717) is 24.0 Å². The molecule has 0 bridgehead atoms. The summed E-state index contributed by atoms with van der Waals surface area (Å²) in [6.07, 6.45) is 9.74. The van der Waals surface area contributed by atoms with Crippen LogP contribution in [0.2, 0.25) is 0 Å². The molecule has 4 heteroatoms. The first kappa shape index (κ1) is 16.5. The van der Waals surface area contributed by atoms with Crippen molar-refractivity contribution in [2.24, 2.45) is 5.92 Å². The summed E-state index contributed by atoms with van der Waals surface area (Å²) in [5.41, 5.74) is 0.131. The molecule has 0 radical (unpaired) electrons. The van der Waals surface area contributed by atoms with Crippen molar-refractivity contribution in [3.63, 3.8) is 0 Å². The van der Waals surface area contributed by atoms with E-state index in [9.17, 15) is 8.78 Å². The zero-order valence-corrected chi connectivity index (χ0v) is 12.8. The standard InChI is InChI=1S/C18H21F2NO/c1-2-9-22-15-7-5-13(6-8-15)3-4-14-10-17(19)16(12-21)18(20)11-14/h2,9-11,13,15H,3-8H2,1H3/b9-2+. The zero-order chi connectivity index (χ0) is 15.9. The van der Waals surface area contributed by atoms with Crippen LogP contribution < -0.4 is 0 Å². The Morgan fingerprint density at radius 3 is 2.41 bits per heavy atom. The van der Waals surface area contributed by atoms with E-state index in [2.05, 4.69) is 0 Å². The molecule has 1 aliphatic carbocycles. The molecule has 2 rings (SSSR count). The van der Waals surface area contributed by atoms with Gasteiger partial charge in [0.1, 0.15) is 23.3 Å². The van der Waals surface area contributed by atoms with E-state index in [1.807, 2.05) is 13.0 Å². The lowest BCUT2D eigenvalue weighted by atomic mass is 9.83. The van der Waals surface area contributed by atoms with Gasteiger partial charge in [-0.15, -0.1) is 0 Å². The quantitative estimate of drug-likeness (QED) is 0.726. The summed E-state index contributed by atoms with van der Waals surface area (Å²) in [4.78, 5) is 0. The van der Waals surface area contributed by atoms with Crippen molar-refractivity contribution in [2.45, 2.75) is 51.6 Å². The lowest BCUT2D eigenvalue weighted by Gasteiger charge is -2.28. The van der Waals surface area contributed by atoms with E-state index in [1.54, 1.807) is 12.3 Å². The molecule has 0 aliphatic heterocycles. The highest BCUT2D eigenvalue weighted by atomic mass is 19.1. The number of halogens is 2. The van der Waals surface area contributed by atoms with E-state index in [4.69, 9.17) is 10.00 Å². The summed E-state index contributed by atoms with van der Waals surface area (Å²) in [7, 11) is 0. The fourth-order valence-electron chi connectivity index (χ4n) is 2.99. The molecule has 0 saturated heterocycles. The smallest absolute Gasteiger partial charge is 0.144 e. The third-order valence-electron chi connectivity index (χ3n) is 4.26. The normalized spacial score (nSPS) is 21.7. The average molecular weight is 305 g/mol. The summed E-state index contributed by atoms with van der Waals surface area (Å²) in [6.45, 7) is 1.93. The van der Waals surface area contributed by atoms with Crippen LogP contribution in [0.1, 0.15) is 50.2 Å². The van der Waals surface area contributed by atoms with Gasteiger partial charge in [0.2, 0.25) is 0 Å². The number of nitriles is 1.